The molecule has 6 atom stereocenters. The van der Waals surface area contributed by atoms with Gasteiger partial charge in [-0.15, -0.1) is 0 Å². The molecule has 30 heavy (non-hydrogen) atoms. The number of ether oxygens (including phenoxy) is 3. The molecule has 7 rings (SSSR count). The molecule has 7 fully saturated rings. The van der Waals surface area contributed by atoms with E-state index in [0.29, 0.717) is 24.2 Å². The van der Waals surface area contributed by atoms with Gasteiger partial charge in [0.05, 0.1) is 17.3 Å². The molecule has 0 aromatic heterocycles. The molecule has 164 valence electrons. The molecule has 1 aliphatic heterocycles. The molecule has 0 aromatic rings. The van der Waals surface area contributed by atoms with Crippen LogP contribution in [0.25, 0.3) is 0 Å². The first kappa shape index (κ1) is 19.1. The molecule has 6 bridgehead atoms. The highest BCUT2D eigenvalue weighted by Crippen LogP contribution is 2.62. The van der Waals surface area contributed by atoms with Gasteiger partial charge in [0.15, 0.2) is 0 Å². The third-order valence-electron chi connectivity index (χ3n) is 8.94. The van der Waals surface area contributed by atoms with Crippen molar-refractivity contribution in [2.24, 2.45) is 46.8 Å². The van der Waals surface area contributed by atoms with E-state index in [1.807, 2.05) is 20.8 Å². The lowest BCUT2D eigenvalue weighted by Crippen LogP contribution is -2.53. The minimum Gasteiger partial charge on any atom is -0.460 e. The zero-order valence-electron chi connectivity index (χ0n) is 18.1. The van der Waals surface area contributed by atoms with E-state index in [2.05, 4.69) is 0 Å². The van der Waals surface area contributed by atoms with Crippen LogP contribution in [0.4, 0.5) is 0 Å². The van der Waals surface area contributed by atoms with E-state index in [4.69, 9.17) is 14.2 Å². The SMILES string of the molecule is CC(C)(C)OC(=O)C1C2CC3C(OC(=O)C31)C2OC(=O)C12CC3CC(CC(C3)C1)C2. The topological polar surface area (TPSA) is 78.9 Å². The summed E-state index contributed by atoms with van der Waals surface area (Å²) in [7, 11) is 0. The second kappa shape index (κ2) is 6.01. The molecule has 0 amide bonds. The van der Waals surface area contributed by atoms with Crippen LogP contribution in [0.15, 0.2) is 0 Å². The number of hydrogen-bond acceptors (Lipinski definition) is 6. The van der Waals surface area contributed by atoms with Gasteiger partial charge in [-0.05, 0) is 83.5 Å². The fourth-order valence-corrected chi connectivity index (χ4v) is 8.45. The molecule has 6 unspecified atom stereocenters. The average Bonchev–Trinajstić information content (AvgIpc) is 3.22. The molecular formula is C24H32O6. The fourth-order valence-electron chi connectivity index (χ4n) is 8.45. The Labute approximate surface area is 177 Å². The minimum atomic E-state index is -0.619. The van der Waals surface area contributed by atoms with Crippen LogP contribution in [0.5, 0.6) is 0 Å². The van der Waals surface area contributed by atoms with Gasteiger partial charge < -0.3 is 14.2 Å². The van der Waals surface area contributed by atoms with Crippen LogP contribution < -0.4 is 0 Å². The average molecular weight is 417 g/mol. The molecule has 6 heteroatoms. The Bertz CT molecular complexity index is 774. The second-order valence-corrected chi connectivity index (χ2v) is 12.1. The predicted octanol–water partition coefficient (Wildman–Crippen LogP) is 3.26. The van der Waals surface area contributed by atoms with Crippen LogP contribution in [0.2, 0.25) is 0 Å². The quantitative estimate of drug-likeness (QED) is 0.519. The molecule has 1 heterocycles. The largest absolute Gasteiger partial charge is 0.460 e. The number of fused-ring (bicyclic) bond motifs is 1. The first-order valence-electron chi connectivity index (χ1n) is 11.8. The van der Waals surface area contributed by atoms with E-state index in [0.717, 1.165) is 19.3 Å². The van der Waals surface area contributed by atoms with Crippen molar-refractivity contribution in [1.82, 2.24) is 0 Å². The lowest BCUT2D eigenvalue weighted by Gasteiger charge is -2.55. The molecule has 6 saturated carbocycles. The molecule has 0 aromatic carbocycles. The van der Waals surface area contributed by atoms with Crippen molar-refractivity contribution >= 4 is 17.9 Å². The molecule has 6 nitrogen and oxygen atoms in total. The van der Waals surface area contributed by atoms with E-state index in [1.54, 1.807) is 0 Å². The van der Waals surface area contributed by atoms with Gasteiger partial charge in [0, 0.05) is 11.8 Å². The summed E-state index contributed by atoms with van der Waals surface area (Å²) in [5, 5.41) is 0. The zero-order valence-corrected chi connectivity index (χ0v) is 18.1. The number of esters is 3. The fraction of sp³-hybridized carbons (Fsp3) is 0.875. The Morgan fingerprint density at radius 1 is 0.967 bits per heavy atom. The van der Waals surface area contributed by atoms with Crippen LogP contribution in [0.1, 0.15) is 65.7 Å². The minimum absolute atomic E-state index is 0.0332. The van der Waals surface area contributed by atoms with Crippen molar-refractivity contribution < 1.29 is 28.6 Å². The van der Waals surface area contributed by atoms with Crippen LogP contribution in [-0.2, 0) is 28.6 Å². The van der Waals surface area contributed by atoms with Crippen molar-refractivity contribution in [1.29, 1.82) is 0 Å². The van der Waals surface area contributed by atoms with Crippen molar-refractivity contribution in [3.63, 3.8) is 0 Å². The van der Waals surface area contributed by atoms with Gasteiger partial charge in [-0.25, -0.2) is 0 Å². The van der Waals surface area contributed by atoms with Gasteiger partial charge in [0.2, 0.25) is 0 Å². The van der Waals surface area contributed by atoms with Gasteiger partial charge in [0.25, 0.3) is 0 Å². The molecular weight excluding hydrogens is 384 g/mol. The summed E-state index contributed by atoms with van der Waals surface area (Å²) in [6.07, 6.45) is 6.45. The first-order chi connectivity index (χ1) is 14.1. The number of carbonyl (C=O) groups excluding carboxylic acids is 3. The van der Waals surface area contributed by atoms with E-state index < -0.39 is 23.5 Å². The lowest BCUT2D eigenvalue weighted by atomic mass is 9.49. The van der Waals surface area contributed by atoms with Gasteiger partial charge in [0.1, 0.15) is 17.8 Å². The third-order valence-corrected chi connectivity index (χ3v) is 8.94. The van der Waals surface area contributed by atoms with E-state index in [-0.39, 0.29) is 41.3 Å². The summed E-state index contributed by atoms with van der Waals surface area (Å²) in [4.78, 5) is 39.0. The number of rotatable bonds is 3. The molecule has 7 aliphatic rings. The standard InChI is InChI=1S/C24H32O6/c1-23(2,3)30-21(26)17-15-7-14-16(17)20(25)28-18(14)19(15)29-22(27)24-8-11-4-12(9-24)6-13(5-11)10-24/h11-19H,4-10H2,1-3H3. The first-order valence-corrected chi connectivity index (χ1v) is 11.8. The molecule has 0 radical (unpaired) electrons. The van der Waals surface area contributed by atoms with Crippen molar-refractivity contribution in [2.75, 3.05) is 0 Å². The zero-order chi connectivity index (χ0) is 21.0. The summed E-state index contributed by atoms with van der Waals surface area (Å²) in [5.74, 6) is -0.00474. The normalized spacial score (nSPS) is 50.0. The van der Waals surface area contributed by atoms with E-state index >= 15 is 0 Å². The van der Waals surface area contributed by atoms with Gasteiger partial charge >= 0.3 is 17.9 Å². The Kier molecular flexibility index (Phi) is 3.83. The predicted molar refractivity (Wildman–Crippen MR) is 105 cm³/mol. The molecule has 0 spiro atoms. The van der Waals surface area contributed by atoms with E-state index in [9.17, 15) is 14.4 Å². The summed E-state index contributed by atoms with van der Waals surface area (Å²) in [6.45, 7) is 5.50. The van der Waals surface area contributed by atoms with Crippen LogP contribution >= 0.6 is 0 Å². The van der Waals surface area contributed by atoms with Crippen LogP contribution in [0, 0.1) is 46.8 Å². The Hall–Kier alpha value is -1.59. The Morgan fingerprint density at radius 2 is 1.57 bits per heavy atom. The summed E-state index contributed by atoms with van der Waals surface area (Å²) < 4.78 is 17.5. The number of hydrogen-bond donors (Lipinski definition) is 0. The summed E-state index contributed by atoms with van der Waals surface area (Å²) in [6, 6.07) is 0. The van der Waals surface area contributed by atoms with E-state index in [1.165, 1.54) is 19.3 Å². The highest BCUT2D eigenvalue weighted by Gasteiger charge is 2.71. The summed E-state index contributed by atoms with van der Waals surface area (Å²) in [5.41, 5.74) is -0.966. The molecule has 1 saturated heterocycles. The Morgan fingerprint density at radius 3 is 2.13 bits per heavy atom. The maximum atomic E-state index is 13.5. The monoisotopic (exact) mass is 416 g/mol. The van der Waals surface area contributed by atoms with Gasteiger partial charge in [-0.1, -0.05) is 0 Å². The lowest BCUT2D eigenvalue weighted by molar-refractivity contribution is -0.188. The number of carbonyl (C=O) groups is 3. The maximum Gasteiger partial charge on any atom is 0.312 e. The highest BCUT2D eigenvalue weighted by molar-refractivity contribution is 5.86. The second-order valence-electron chi connectivity index (χ2n) is 12.1. The highest BCUT2D eigenvalue weighted by atomic mass is 16.6. The maximum absolute atomic E-state index is 13.5. The van der Waals surface area contributed by atoms with Gasteiger partial charge in [-0.3, -0.25) is 14.4 Å². The third kappa shape index (κ3) is 2.64. The van der Waals surface area contributed by atoms with Gasteiger partial charge in [-0.2, -0.15) is 0 Å². The van der Waals surface area contributed by atoms with Crippen LogP contribution in [0.3, 0.4) is 0 Å². The molecule has 0 N–H and O–H groups in total. The smallest absolute Gasteiger partial charge is 0.312 e. The Balaban J connectivity index is 1.24. The van der Waals surface area contributed by atoms with Crippen LogP contribution in [-0.4, -0.2) is 35.7 Å². The van der Waals surface area contributed by atoms with Crippen molar-refractivity contribution in [2.45, 2.75) is 83.5 Å². The summed E-state index contributed by atoms with van der Waals surface area (Å²) >= 11 is 0. The van der Waals surface area contributed by atoms with Crippen molar-refractivity contribution in [3.8, 4) is 0 Å². The molecule has 6 aliphatic carbocycles. The van der Waals surface area contributed by atoms with Crippen molar-refractivity contribution in [3.05, 3.63) is 0 Å².